The number of halogens is 1. The zero-order chi connectivity index (χ0) is 10.7. The average Bonchev–Trinajstić information content (AvgIpc) is 2.26. The third-order valence-corrected chi connectivity index (χ3v) is 2.83. The Kier molecular flexibility index (Phi) is 3.23. The molecular formula is C12H12BrNO. The zero-order valence-electron chi connectivity index (χ0n) is 8.24. The van der Waals surface area contributed by atoms with Gasteiger partial charge in [-0.1, -0.05) is 40.2 Å². The van der Waals surface area contributed by atoms with Crippen LogP contribution in [0.3, 0.4) is 0 Å². The van der Waals surface area contributed by atoms with Gasteiger partial charge in [-0.05, 0) is 22.9 Å². The maximum absolute atomic E-state index is 5.49. The Bertz CT molecular complexity index is 470. The van der Waals surface area contributed by atoms with Gasteiger partial charge in [0.1, 0.15) is 12.4 Å². The molecule has 0 heterocycles. The van der Waals surface area contributed by atoms with Crippen molar-refractivity contribution in [1.29, 1.82) is 0 Å². The zero-order valence-corrected chi connectivity index (χ0v) is 9.83. The van der Waals surface area contributed by atoms with Crippen LogP contribution in [-0.2, 0) is 0 Å². The fourth-order valence-corrected chi connectivity index (χ4v) is 2.08. The van der Waals surface area contributed by atoms with E-state index in [9.17, 15) is 0 Å². The van der Waals surface area contributed by atoms with Crippen LogP contribution in [0.4, 0.5) is 0 Å². The Balaban J connectivity index is 2.43. The van der Waals surface area contributed by atoms with Crippen molar-refractivity contribution in [3.8, 4) is 5.75 Å². The first-order valence-corrected chi connectivity index (χ1v) is 5.62. The maximum atomic E-state index is 5.49. The topological polar surface area (TPSA) is 35.2 Å². The Morgan fingerprint density at radius 1 is 1.20 bits per heavy atom. The molecule has 0 unspecified atom stereocenters. The van der Waals surface area contributed by atoms with Gasteiger partial charge in [0.2, 0.25) is 0 Å². The van der Waals surface area contributed by atoms with Crippen LogP contribution in [0.5, 0.6) is 5.75 Å². The quantitative estimate of drug-likeness (QED) is 0.927. The van der Waals surface area contributed by atoms with Crippen molar-refractivity contribution in [2.75, 3.05) is 13.2 Å². The van der Waals surface area contributed by atoms with Crippen LogP contribution >= 0.6 is 15.9 Å². The van der Waals surface area contributed by atoms with Gasteiger partial charge in [-0.25, -0.2) is 0 Å². The summed E-state index contributed by atoms with van der Waals surface area (Å²) in [7, 11) is 0. The fourth-order valence-electron chi connectivity index (χ4n) is 1.50. The molecule has 2 N–H and O–H groups in total. The molecule has 0 amide bonds. The van der Waals surface area contributed by atoms with Gasteiger partial charge in [0.25, 0.3) is 0 Å². The second-order valence-electron chi connectivity index (χ2n) is 3.26. The Hall–Kier alpha value is -1.06. The summed E-state index contributed by atoms with van der Waals surface area (Å²) in [4.78, 5) is 0. The molecule has 2 aromatic carbocycles. The number of ether oxygens (including phenoxy) is 1. The summed E-state index contributed by atoms with van der Waals surface area (Å²) >= 11 is 3.53. The van der Waals surface area contributed by atoms with Crippen molar-refractivity contribution in [2.45, 2.75) is 0 Å². The molecule has 0 saturated carbocycles. The van der Waals surface area contributed by atoms with E-state index in [2.05, 4.69) is 28.1 Å². The predicted molar refractivity (Wildman–Crippen MR) is 66.2 cm³/mol. The van der Waals surface area contributed by atoms with Crippen LogP contribution in [0, 0.1) is 0 Å². The molecule has 3 heteroatoms. The number of fused-ring (bicyclic) bond motifs is 1. The molecule has 15 heavy (non-hydrogen) atoms. The summed E-state index contributed by atoms with van der Waals surface area (Å²) < 4.78 is 6.54. The molecule has 0 aliphatic carbocycles. The van der Waals surface area contributed by atoms with Crippen LogP contribution < -0.4 is 10.5 Å². The summed E-state index contributed by atoms with van der Waals surface area (Å²) in [6.07, 6.45) is 0. The Morgan fingerprint density at radius 2 is 2.00 bits per heavy atom. The molecule has 78 valence electrons. The van der Waals surface area contributed by atoms with Crippen molar-refractivity contribution in [3.05, 3.63) is 40.9 Å². The van der Waals surface area contributed by atoms with E-state index in [1.807, 2.05) is 24.3 Å². The Labute approximate surface area is 97.2 Å². The van der Waals surface area contributed by atoms with Crippen LogP contribution in [-0.4, -0.2) is 13.2 Å². The van der Waals surface area contributed by atoms with Gasteiger partial charge >= 0.3 is 0 Å². The molecule has 0 aromatic heterocycles. The Morgan fingerprint density at radius 3 is 2.80 bits per heavy atom. The number of benzene rings is 2. The lowest BCUT2D eigenvalue weighted by atomic mass is 10.1. The lowest BCUT2D eigenvalue weighted by Gasteiger charge is -2.07. The first-order valence-electron chi connectivity index (χ1n) is 4.82. The summed E-state index contributed by atoms with van der Waals surface area (Å²) in [6, 6.07) is 12.2. The van der Waals surface area contributed by atoms with Crippen LogP contribution in [0.2, 0.25) is 0 Å². The minimum absolute atomic E-state index is 0.532. The molecule has 2 rings (SSSR count). The first kappa shape index (κ1) is 10.5. The van der Waals surface area contributed by atoms with E-state index in [1.165, 1.54) is 10.8 Å². The van der Waals surface area contributed by atoms with Crippen molar-refractivity contribution < 1.29 is 4.74 Å². The highest BCUT2D eigenvalue weighted by Crippen LogP contribution is 2.29. The van der Waals surface area contributed by atoms with Gasteiger partial charge in [-0.3, -0.25) is 0 Å². The number of rotatable bonds is 3. The van der Waals surface area contributed by atoms with Crippen molar-refractivity contribution >= 4 is 26.7 Å². The van der Waals surface area contributed by atoms with E-state index in [0.717, 1.165) is 10.2 Å². The van der Waals surface area contributed by atoms with Crippen LogP contribution in [0.25, 0.3) is 10.8 Å². The minimum Gasteiger partial charge on any atom is -0.492 e. The average molecular weight is 266 g/mol. The van der Waals surface area contributed by atoms with Crippen LogP contribution in [0.1, 0.15) is 0 Å². The number of nitrogens with two attached hydrogens (primary N) is 1. The third-order valence-electron chi connectivity index (χ3n) is 2.17. The smallest absolute Gasteiger partial charge is 0.121 e. The number of hydrogen-bond donors (Lipinski definition) is 1. The highest BCUT2D eigenvalue weighted by Gasteiger charge is 2.01. The first-order chi connectivity index (χ1) is 7.31. The predicted octanol–water partition coefficient (Wildman–Crippen LogP) is 2.94. The molecule has 2 aromatic rings. The van der Waals surface area contributed by atoms with Crippen molar-refractivity contribution in [1.82, 2.24) is 0 Å². The van der Waals surface area contributed by atoms with Gasteiger partial charge in [0.15, 0.2) is 0 Å². The molecule has 0 aliphatic rings. The van der Waals surface area contributed by atoms with Gasteiger partial charge in [0.05, 0.1) is 0 Å². The molecule has 0 saturated heterocycles. The van der Waals surface area contributed by atoms with E-state index in [-0.39, 0.29) is 0 Å². The lowest BCUT2D eigenvalue weighted by Crippen LogP contribution is -2.10. The van der Waals surface area contributed by atoms with Gasteiger partial charge in [-0.15, -0.1) is 0 Å². The largest absolute Gasteiger partial charge is 0.492 e. The number of hydrogen-bond acceptors (Lipinski definition) is 2. The third kappa shape index (κ3) is 2.30. The van der Waals surface area contributed by atoms with Gasteiger partial charge in [-0.2, -0.15) is 0 Å². The SMILES string of the molecule is NCCOc1cc(Br)c2ccccc2c1. The normalized spacial score (nSPS) is 10.5. The lowest BCUT2D eigenvalue weighted by molar-refractivity contribution is 0.328. The van der Waals surface area contributed by atoms with Gasteiger partial charge < -0.3 is 10.5 Å². The summed E-state index contributed by atoms with van der Waals surface area (Å²) in [6.45, 7) is 1.08. The minimum atomic E-state index is 0.532. The molecule has 0 atom stereocenters. The molecular weight excluding hydrogens is 254 g/mol. The summed E-state index contributed by atoms with van der Waals surface area (Å²) in [5, 5.41) is 2.36. The summed E-state index contributed by atoms with van der Waals surface area (Å²) in [5.74, 6) is 0.853. The second-order valence-corrected chi connectivity index (χ2v) is 4.12. The summed E-state index contributed by atoms with van der Waals surface area (Å²) in [5.41, 5.74) is 5.39. The highest BCUT2D eigenvalue weighted by atomic mass is 79.9. The van der Waals surface area contributed by atoms with Gasteiger partial charge in [0, 0.05) is 11.0 Å². The molecule has 0 radical (unpaired) electrons. The van der Waals surface area contributed by atoms with Crippen molar-refractivity contribution in [3.63, 3.8) is 0 Å². The standard InChI is InChI=1S/C12H12BrNO/c13-12-8-10(15-6-5-14)7-9-3-1-2-4-11(9)12/h1-4,7-8H,5-6,14H2. The molecule has 0 aliphatic heterocycles. The van der Waals surface area contributed by atoms with E-state index in [4.69, 9.17) is 10.5 Å². The second kappa shape index (κ2) is 4.64. The maximum Gasteiger partial charge on any atom is 0.121 e. The molecule has 0 spiro atoms. The van der Waals surface area contributed by atoms with E-state index in [0.29, 0.717) is 13.2 Å². The fraction of sp³-hybridized carbons (Fsp3) is 0.167. The highest BCUT2D eigenvalue weighted by molar-refractivity contribution is 9.10. The van der Waals surface area contributed by atoms with Crippen LogP contribution in [0.15, 0.2) is 40.9 Å². The van der Waals surface area contributed by atoms with E-state index >= 15 is 0 Å². The monoisotopic (exact) mass is 265 g/mol. The van der Waals surface area contributed by atoms with E-state index in [1.54, 1.807) is 0 Å². The van der Waals surface area contributed by atoms with Crippen molar-refractivity contribution in [2.24, 2.45) is 5.73 Å². The molecule has 2 nitrogen and oxygen atoms in total. The molecule has 0 fully saturated rings. The molecule has 0 bridgehead atoms. The van der Waals surface area contributed by atoms with E-state index < -0.39 is 0 Å².